The lowest BCUT2D eigenvalue weighted by molar-refractivity contribution is -0.135. The highest BCUT2D eigenvalue weighted by Crippen LogP contribution is 1.83. The third-order valence-corrected chi connectivity index (χ3v) is 0.793. The Morgan fingerprint density at radius 3 is 2.88 bits per heavy atom. The molecule has 0 spiro atoms. The number of halogens is 1. The van der Waals surface area contributed by atoms with Crippen molar-refractivity contribution in [3.8, 4) is 0 Å². The van der Waals surface area contributed by atoms with E-state index in [4.69, 9.17) is 0 Å². The number of carbonyl (C=O) groups is 1. The van der Waals surface area contributed by atoms with Gasteiger partial charge in [-0.25, -0.2) is 0 Å². The molecule has 3 heteroatoms. The summed E-state index contributed by atoms with van der Waals surface area (Å²) in [5, 5.41) is 0.709. The Morgan fingerprint density at radius 2 is 2.50 bits per heavy atom. The summed E-state index contributed by atoms with van der Waals surface area (Å²) in [6.45, 7) is 1.36. The maximum Gasteiger partial charge on any atom is 0.307 e. The van der Waals surface area contributed by atoms with Crippen molar-refractivity contribution in [3.05, 3.63) is 12.3 Å². The third kappa shape index (κ3) is 5.69. The number of esters is 1. The van der Waals surface area contributed by atoms with Crippen molar-refractivity contribution in [2.75, 3.05) is 5.33 Å². The van der Waals surface area contributed by atoms with Crippen molar-refractivity contribution < 1.29 is 9.53 Å². The maximum absolute atomic E-state index is 10.0. The van der Waals surface area contributed by atoms with Gasteiger partial charge in [0.25, 0.3) is 0 Å². The summed E-state index contributed by atoms with van der Waals surface area (Å²) in [5.74, 6) is -0.290. The molecular weight excluding hydrogens is 172 g/mol. The molecule has 8 heavy (non-hydrogen) atoms. The topological polar surface area (TPSA) is 26.3 Å². The molecular formula is C5H7BrO2. The molecule has 0 bridgehead atoms. The van der Waals surface area contributed by atoms with E-state index in [1.165, 1.54) is 13.2 Å². The first-order valence-corrected chi connectivity index (χ1v) is 3.27. The number of ether oxygens (including phenoxy) is 1. The van der Waals surface area contributed by atoms with E-state index < -0.39 is 0 Å². The number of carbonyl (C=O) groups excluding carboxylic acids is 1. The predicted octanol–water partition coefficient (Wildman–Crippen LogP) is 1.46. The van der Waals surface area contributed by atoms with Crippen LogP contribution in [0.4, 0.5) is 0 Å². The third-order valence-electron chi connectivity index (χ3n) is 0.419. The Kier molecular flexibility index (Phi) is 4.65. The fourth-order valence-corrected chi connectivity index (χ4v) is 0.333. The van der Waals surface area contributed by atoms with Crippen molar-refractivity contribution in [1.82, 2.24) is 0 Å². The van der Waals surface area contributed by atoms with E-state index in [1.54, 1.807) is 6.08 Å². The van der Waals surface area contributed by atoms with Gasteiger partial charge in [-0.05, 0) is 6.08 Å². The minimum atomic E-state index is -0.290. The van der Waals surface area contributed by atoms with Gasteiger partial charge in [0.1, 0.15) is 0 Å². The van der Waals surface area contributed by atoms with E-state index in [0.717, 1.165) is 0 Å². The van der Waals surface area contributed by atoms with Crippen LogP contribution in [0.3, 0.4) is 0 Å². The second-order valence-electron chi connectivity index (χ2n) is 1.14. The van der Waals surface area contributed by atoms with Gasteiger partial charge in [0.05, 0.1) is 6.26 Å². The molecule has 0 aliphatic carbocycles. The summed E-state index contributed by atoms with van der Waals surface area (Å²) >= 11 is 3.12. The van der Waals surface area contributed by atoms with E-state index in [-0.39, 0.29) is 5.97 Å². The Balaban J connectivity index is 3.16. The van der Waals surface area contributed by atoms with Crippen LogP contribution in [-0.4, -0.2) is 11.3 Å². The number of alkyl halides is 1. The zero-order valence-corrected chi connectivity index (χ0v) is 6.14. The van der Waals surface area contributed by atoms with Gasteiger partial charge in [0, 0.05) is 12.3 Å². The van der Waals surface area contributed by atoms with E-state index in [2.05, 4.69) is 20.7 Å². The van der Waals surface area contributed by atoms with E-state index >= 15 is 0 Å². The average molecular weight is 179 g/mol. The molecule has 46 valence electrons. The first kappa shape index (κ1) is 7.69. The normalized spacial score (nSPS) is 9.75. The van der Waals surface area contributed by atoms with Crippen LogP contribution in [0.25, 0.3) is 0 Å². The molecule has 0 N–H and O–H groups in total. The average Bonchev–Trinajstić information content (AvgIpc) is 1.66. The first-order chi connectivity index (χ1) is 3.77. The van der Waals surface area contributed by atoms with Gasteiger partial charge < -0.3 is 4.74 Å². The molecule has 0 saturated heterocycles. The van der Waals surface area contributed by atoms with Gasteiger partial charge in [-0.1, -0.05) is 15.9 Å². The number of allylic oxidation sites excluding steroid dienone is 1. The molecule has 0 heterocycles. The zero-order chi connectivity index (χ0) is 6.41. The minimum absolute atomic E-state index is 0.290. The second-order valence-corrected chi connectivity index (χ2v) is 1.78. The van der Waals surface area contributed by atoms with Crippen LogP contribution in [0.15, 0.2) is 12.3 Å². The van der Waals surface area contributed by atoms with Gasteiger partial charge in [0.15, 0.2) is 0 Å². The Bertz CT molecular complexity index is 98.6. The number of hydrogen-bond acceptors (Lipinski definition) is 2. The first-order valence-electron chi connectivity index (χ1n) is 2.15. The minimum Gasteiger partial charge on any atom is -0.435 e. The SMILES string of the molecule is CC(=O)OC=CCBr. The van der Waals surface area contributed by atoms with Gasteiger partial charge in [-0.2, -0.15) is 0 Å². The summed E-state index contributed by atoms with van der Waals surface area (Å²) in [6, 6.07) is 0. The van der Waals surface area contributed by atoms with E-state index in [0.29, 0.717) is 5.33 Å². The largest absolute Gasteiger partial charge is 0.435 e. The molecule has 2 nitrogen and oxygen atoms in total. The van der Waals surface area contributed by atoms with Crippen LogP contribution < -0.4 is 0 Å². The predicted molar refractivity (Wildman–Crippen MR) is 34.7 cm³/mol. The molecule has 0 fully saturated rings. The van der Waals surface area contributed by atoms with Crippen LogP contribution >= 0.6 is 15.9 Å². The Labute approximate surface area is 56.7 Å². The van der Waals surface area contributed by atoms with Gasteiger partial charge in [-0.3, -0.25) is 4.79 Å². The molecule has 0 rings (SSSR count). The standard InChI is InChI=1S/C5H7BrO2/c1-5(7)8-4-2-3-6/h2,4H,3H2,1H3. The van der Waals surface area contributed by atoms with E-state index in [1.807, 2.05) is 0 Å². The molecule has 0 saturated carbocycles. The van der Waals surface area contributed by atoms with Crippen molar-refractivity contribution >= 4 is 21.9 Å². The second kappa shape index (κ2) is 4.84. The lowest BCUT2D eigenvalue weighted by Crippen LogP contribution is -1.88. The highest BCUT2D eigenvalue weighted by molar-refractivity contribution is 9.09. The Hall–Kier alpha value is -0.310. The molecule has 0 amide bonds. The van der Waals surface area contributed by atoms with E-state index in [9.17, 15) is 4.79 Å². The highest BCUT2D eigenvalue weighted by atomic mass is 79.9. The highest BCUT2D eigenvalue weighted by Gasteiger charge is 1.81. The summed E-state index contributed by atoms with van der Waals surface area (Å²) < 4.78 is 4.43. The molecule has 0 aromatic rings. The molecule has 0 atom stereocenters. The van der Waals surface area contributed by atoms with Crippen LogP contribution in [-0.2, 0) is 9.53 Å². The number of hydrogen-bond donors (Lipinski definition) is 0. The Morgan fingerprint density at radius 1 is 1.88 bits per heavy atom. The maximum atomic E-state index is 10.0. The molecule has 0 aliphatic heterocycles. The lowest BCUT2D eigenvalue weighted by atomic mass is 10.7. The lowest BCUT2D eigenvalue weighted by Gasteiger charge is -1.86. The fraction of sp³-hybridized carbons (Fsp3) is 0.400. The van der Waals surface area contributed by atoms with Crippen molar-refractivity contribution in [2.24, 2.45) is 0 Å². The molecule has 0 aromatic carbocycles. The van der Waals surface area contributed by atoms with Crippen LogP contribution in [0, 0.1) is 0 Å². The van der Waals surface area contributed by atoms with Gasteiger partial charge in [-0.15, -0.1) is 0 Å². The molecule has 0 unspecified atom stereocenters. The molecule has 0 aliphatic rings. The zero-order valence-electron chi connectivity index (χ0n) is 4.56. The smallest absolute Gasteiger partial charge is 0.307 e. The molecule has 0 radical (unpaired) electrons. The summed E-state index contributed by atoms with van der Waals surface area (Å²) in [5.41, 5.74) is 0. The van der Waals surface area contributed by atoms with Crippen LogP contribution in [0.1, 0.15) is 6.92 Å². The summed E-state index contributed by atoms with van der Waals surface area (Å²) in [7, 11) is 0. The van der Waals surface area contributed by atoms with Crippen LogP contribution in [0.5, 0.6) is 0 Å². The van der Waals surface area contributed by atoms with Crippen molar-refractivity contribution in [1.29, 1.82) is 0 Å². The fourth-order valence-electron chi connectivity index (χ4n) is 0.180. The quantitative estimate of drug-likeness (QED) is 0.364. The van der Waals surface area contributed by atoms with Crippen LogP contribution in [0.2, 0.25) is 0 Å². The summed E-state index contributed by atoms with van der Waals surface area (Å²) in [4.78, 5) is 10.0. The van der Waals surface area contributed by atoms with Gasteiger partial charge >= 0.3 is 5.97 Å². The monoisotopic (exact) mass is 178 g/mol. The number of rotatable bonds is 2. The summed E-state index contributed by atoms with van der Waals surface area (Å²) in [6.07, 6.45) is 3.05. The van der Waals surface area contributed by atoms with Gasteiger partial charge in [0.2, 0.25) is 0 Å². The van der Waals surface area contributed by atoms with Crippen molar-refractivity contribution in [3.63, 3.8) is 0 Å². The molecule has 0 aromatic heterocycles. The van der Waals surface area contributed by atoms with Crippen molar-refractivity contribution in [2.45, 2.75) is 6.92 Å².